The first-order chi connectivity index (χ1) is 8.61. The fraction of sp³-hybridized carbons (Fsp3) is 0.600. The number of hydrogen-bond donors (Lipinski definition) is 1. The number of rotatable bonds is 3. The van der Waals surface area contributed by atoms with E-state index < -0.39 is 0 Å². The first kappa shape index (κ1) is 13.9. The van der Waals surface area contributed by atoms with Gasteiger partial charge < -0.3 is 10.6 Å². The quantitative estimate of drug-likeness (QED) is 0.916. The first-order valence-electron chi connectivity index (χ1n) is 6.83. The van der Waals surface area contributed by atoms with Crippen molar-refractivity contribution in [3.8, 4) is 0 Å². The molecule has 0 unspecified atom stereocenters. The molecular weight excluding hydrogens is 288 g/mol. The summed E-state index contributed by atoms with van der Waals surface area (Å²) in [6, 6.07) is 7.10. The van der Waals surface area contributed by atoms with Crippen molar-refractivity contribution in [1.82, 2.24) is 0 Å². The summed E-state index contributed by atoms with van der Waals surface area (Å²) in [5, 5.41) is 0. The standard InChI is InChI=1S/C15H23BrN2/c1-11-3-6-14(7-4-11)18(2)15-8-5-13(16)9-12(15)10-17/h5,8-9,11,14H,3-4,6-7,10,17H2,1-2H3. The van der Waals surface area contributed by atoms with Crippen molar-refractivity contribution >= 4 is 21.6 Å². The lowest BCUT2D eigenvalue weighted by atomic mass is 9.86. The molecule has 0 amide bonds. The summed E-state index contributed by atoms with van der Waals surface area (Å²) < 4.78 is 1.11. The Hall–Kier alpha value is -0.540. The molecule has 1 aliphatic rings. The van der Waals surface area contributed by atoms with E-state index in [4.69, 9.17) is 5.73 Å². The van der Waals surface area contributed by atoms with Crippen molar-refractivity contribution < 1.29 is 0 Å². The Kier molecular flexibility index (Phi) is 4.68. The zero-order chi connectivity index (χ0) is 13.1. The highest BCUT2D eigenvalue weighted by molar-refractivity contribution is 9.10. The number of halogens is 1. The van der Waals surface area contributed by atoms with Gasteiger partial charge in [-0.15, -0.1) is 0 Å². The van der Waals surface area contributed by atoms with Crippen molar-refractivity contribution in [3.05, 3.63) is 28.2 Å². The van der Waals surface area contributed by atoms with E-state index in [0.29, 0.717) is 12.6 Å². The molecule has 2 N–H and O–H groups in total. The monoisotopic (exact) mass is 310 g/mol. The lowest BCUT2D eigenvalue weighted by Gasteiger charge is -2.36. The van der Waals surface area contributed by atoms with Crippen LogP contribution < -0.4 is 10.6 Å². The van der Waals surface area contributed by atoms with E-state index in [-0.39, 0.29) is 0 Å². The second kappa shape index (κ2) is 6.07. The van der Waals surface area contributed by atoms with Crippen molar-refractivity contribution in [3.63, 3.8) is 0 Å². The third-order valence-corrected chi connectivity index (χ3v) is 4.67. The van der Waals surface area contributed by atoms with Crippen LogP contribution >= 0.6 is 15.9 Å². The van der Waals surface area contributed by atoms with Crippen LogP contribution in [0.1, 0.15) is 38.2 Å². The molecular formula is C15H23BrN2. The third-order valence-electron chi connectivity index (χ3n) is 4.17. The summed E-state index contributed by atoms with van der Waals surface area (Å²) in [5.41, 5.74) is 8.38. The number of anilines is 1. The molecule has 0 atom stereocenters. The predicted molar refractivity (Wildman–Crippen MR) is 81.9 cm³/mol. The highest BCUT2D eigenvalue weighted by Crippen LogP contribution is 2.31. The molecule has 0 saturated heterocycles. The Morgan fingerprint density at radius 1 is 1.28 bits per heavy atom. The Morgan fingerprint density at radius 2 is 1.94 bits per heavy atom. The first-order valence-corrected chi connectivity index (χ1v) is 7.62. The lowest BCUT2D eigenvalue weighted by Crippen LogP contribution is -2.35. The van der Waals surface area contributed by atoms with Gasteiger partial charge in [0.1, 0.15) is 0 Å². The maximum atomic E-state index is 5.86. The molecule has 100 valence electrons. The van der Waals surface area contributed by atoms with Gasteiger partial charge >= 0.3 is 0 Å². The number of nitrogens with zero attached hydrogens (tertiary/aromatic N) is 1. The summed E-state index contributed by atoms with van der Waals surface area (Å²) in [4.78, 5) is 2.43. The molecule has 18 heavy (non-hydrogen) atoms. The van der Waals surface area contributed by atoms with E-state index in [1.54, 1.807) is 0 Å². The SMILES string of the molecule is CC1CCC(N(C)c2ccc(Br)cc2CN)CC1. The maximum Gasteiger partial charge on any atom is 0.0412 e. The van der Waals surface area contributed by atoms with Crippen molar-refractivity contribution in [1.29, 1.82) is 0 Å². The van der Waals surface area contributed by atoms with Crippen LogP contribution in [0.5, 0.6) is 0 Å². The number of hydrogen-bond acceptors (Lipinski definition) is 2. The zero-order valence-corrected chi connectivity index (χ0v) is 12.9. The van der Waals surface area contributed by atoms with Crippen LogP contribution in [0.3, 0.4) is 0 Å². The van der Waals surface area contributed by atoms with Gasteiger partial charge in [0, 0.05) is 29.8 Å². The minimum absolute atomic E-state index is 0.599. The minimum Gasteiger partial charge on any atom is -0.371 e. The summed E-state index contributed by atoms with van der Waals surface area (Å²) in [6.07, 6.45) is 5.31. The smallest absolute Gasteiger partial charge is 0.0412 e. The van der Waals surface area contributed by atoms with Gasteiger partial charge in [-0.25, -0.2) is 0 Å². The number of benzene rings is 1. The Bertz CT molecular complexity index is 397. The molecule has 1 saturated carbocycles. The van der Waals surface area contributed by atoms with E-state index >= 15 is 0 Å². The molecule has 1 aromatic rings. The molecule has 0 spiro atoms. The van der Waals surface area contributed by atoms with Crippen molar-refractivity contribution in [2.24, 2.45) is 11.7 Å². The molecule has 0 radical (unpaired) electrons. The summed E-state index contributed by atoms with van der Waals surface area (Å²) in [5.74, 6) is 0.897. The van der Waals surface area contributed by atoms with Crippen molar-refractivity contribution in [2.75, 3.05) is 11.9 Å². The van der Waals surface area contributed by atoms with Crippen LogP contribution in [0.4, 0.5) is 5.69 Å². The molecule has 1 aromatic carbocycles. The van der Waals surface area contributed by atoms with Crippen LogP contribution in [0.25, 0.3) is 0 Å². The maximum absolute atomic E-state index is 5.86. The van der Waals surface area contributed by atoms with Crippen molar-refractivity contribution in [2.45, 2.75) is 45.2 Å². The molecule has 2 nitrogen and oxygen atoms in total. The van der Waals surface area contributed by atoms with Crippen LogP contribution in [-0.4, -0.2) is 13.1 Å². The van der Waals surface area contributed by atoms with Gasteiger partial charge in [-0.2, -0.15) is 0 Å². The van der Waals surface area contributed by atoms with Gasteiger partial charge in [-0.1, -0.05) is 22.9 Å². The minimum atomic E-state index is 0.599. The second-order valence-electron chi connectivity index (χ2n) is 5.50. The van der Waals surface area contributed by atoms with Crippen LogP contribution in [-0.2, 0) is 6.54 Å². The average molecular weight is 311 g/mol. The molecule has 3 heteroatoms. The van der Waals surface area contributed by atoms with E-state index in [2.05, 4.69) is 53.0 Å². The van der Waals surface area contributed by atoms with Gasteiger partial charge in [0.05, 0.1) is 0 Å². The van der Waals surface area contributed by atoms with E-state index in [1.807, 2.05) is 0 Å². The molecule has 0 aromatic heterocycles. The predicted octanol–water partition coefficient (Wildman–Crippen LogP) is 3.92. The zero-order valence-electron chi connectivity index (χ0n) is 11.3. The highest BCUT2D eigenvalue weighted by Gasteiger charge is 2.22. The second-order valence-corrected chi connectivity index (χ2v) is 6.42. The van der Waals surface area contributed by atoms with Gasteiger partial charge in [-0.3, -0.25) is 0 Å². The Balaban J connectivity index is 2.15. The lowest BCUT2D eigenvalue weighted by molar-refractivity contribution is 0.340. The normalized spacial score (nSPS) is 24.0. The molecule has 0 bridgehead atoms. The molecule has 0 aliphatic heterocycles. The number of nitrogens with two attached hydrogens (primary N) is 1. The van der Waals surface area contributed by atoms with Gasteiger partial charge in [-0.05, 0) is 55.4 Å². The van der Waals surface area contributed by atoms with E-state index in [9.17, 15) is 0 Å². The largest absolute Gasteiger partial charge is 0.371 e. The average Bonchev–Trinajstić information content (AvgIpc) is 2.38. The molecule has 2 rings (SSSR count). The summed E-state index contributed by atoms with van der Waals surface area (Å²) in [6.45, 7) is 2.96. The summed E-state index contributed by atoms with van der Waals surface area (Å²) in [7, 11) is 2.21. The molecule has 1 aliphatic carbocycles. The van der Waals surface area contributed by atoms with Gasteiger partial charge in [0.25, 0.3) is 0 Å². The molecule has 1 fully saturated rings. The van der Waals surface area contributed by atoms with Crippen LogP contribution in [0.2, 0.25) is 0 Å². The Morgan fingerprint density at radius 3 is 2.56 bits per heavy atom. The Labute approximate surface area is 119 Å². The summed E-state index contributed by atoms with van der Waals surface area (Å²) >= 11 is 3.52. The fourth-order valence-corrected chi connectivity index (χ4v) is 3.30. The van der Waals surface area contributed by atoms with Crippen LogP contribution in [0, 0.1) is 5.92 Å². The fourth-order valence-electron chi connectivity index (χ4n) is 2.89. The van der Waals surface area contributed by atoms with Gasteiger partial charge in [0.2, 0.25) is 0 Å². The topological polar surface area (TPSA) is 29.3 Å². The van der Waals surface area contributed by atoms with E-state index in [0.717, 1.165) is 10.4 Å². The highest BCUT2D eigenvalue weighted by atomic mass is 79.9. The van der Waals surface area contributed by atoms with Gasteiger partial charge in [0.15, 0.2) is 0 Å². The van der Waals surface area contributed by atoms with Crippen LogP contribution in [0.15, 0.2) is 22.7 Å². The van der Waals surface area contributed by atoms with E-state index in [1.165, 1.54) is 36.9 Å². The third kappa shape index (κ3) is 3.07. The molecule has 0 heterocycles.